The van der Waals surface area contributed by atoms with Crippen molar-refractivity contribution in [1.29, 1.82) is 0 Å². The SMILES string of the molecule is C=C=C(CC)C(C)(CC=C)C(C)C1=C=Cc2cnc(C)cc2C1C. The second-order valence-corrected chi connectivity index (χ2v) is 7.06. The number of allylic oxidation sites excluding steroid dienone is 3. The number of rotatable bonds is 6. The minimum atomic E-state index is -0.0255. The summed E-state index contributed by atoms with van der Waals surface area (Å²) in [6.07, 6.45) is 7.94. The lowest BCUT2D eigenvalue weighted by atomic mass is 9.64. The molecule has 1 heteroatoms. The van der Waals surface area contributed by atoms with E-state index >= 15 is 0 Å². The predicted molar refractivity (Wildman–Crippen MR) is 104 cm³/mol. The van der Waals surface area contributed by atoms with E-state index in [1.807, 2.05) is 12.3 Å². The summed E-state index contributed by atoms with van der Waals surface area (Å²) < 4.78 is 0. The van der Waals surface area contributed by atoms with Gasteiger partial charge in [-0.05, 0) is 54.5 Å². The van der Waals surface area contributed by atoms with Crippen LogP contribution in [0.3, 0.4) is 0 Å². The standard InChI is InChI=1S/C23H29N/c1-8-13-23(7,20(9-2)10-3)18(6)21-12-11-19-15-24-16(4)14-22(19)17(21)5/h8,11,14-15,17-18H,1-2,10,13H2,3-7H3. The van der Waals surface area contributed by atoms with Crippen LogP contribution in [0.4, 0.5) is 0 Å². The number of aromatic nitrogens is 1. The van der Waals surface area contributed by atoms with Crippen molar-refractivity contribution >= 4 is 6.08 Å². The molecule has 0 aromatic carbocycles. The van der Waals surface area contributed by atoms with E-state index in [0.717, 1.165) is 18.5 Å². The molecule has 0 fully saturated rings. The number of hydrogen-bond donors (Lipinski definition) is 0. The van der Waals surface area contributed by atoms with Gasteiger partial charge in [0, 0.05) is 28.8 Å². The Morgan fingerprint density at radius 2 is 2.25 bits per heavy atom. The van der Waals surface area contributed by atoms with Gasteiger partial charge in [0.15, 0.2) is 0 Å². The number of hydrogen-bond acceptors (Lipinski definition) is 1. The highest BCUT2D eigenvalue weighted by Gasteiger charge is 2.37. The average Bonchev–Trinajstić information content (AvgIpc) is 2.56. The summed E-state index contributed by atoms with van der Waals surface area (Å²) in [5.41, 5.74) is 13.0. The Kier molecular flexibility index (Phi) is 5.50. The third-order valence-electron chi connectivity index (χ3n) is 5.68. The fraction of sp³-hybridized carbons (Fsp3) is 0.435. The second-order valence-electron chi connectivity index (χ2n) is 7.06. The molecule has 0 radical (unpaired) electrons. The molecule has 0 amide bonds. The highest BCUT2D eigenvalue weighted by molar-refractivity contribution is 5.59. The van der Waals surface area contributed by atoms with E-state index < -0.39 is 0 Å². The third kappa shape index (κ3) is 3.11. The molecule has 0 spiro atoms. The molecule has 1 aliphatic carbocycles. The van der Waals surface area contributed by atoms with Crippen LogP contribution in [0.2, 0.25) is 0 Å². The van der Waals surface area contributed by atoms with Crippen LogP contribution < -0.4 is 0 Å². The van der Waals surface area contributed by atoms with Crippen molar-refractivity contribution in [3.63, 3.8) is 0 Å². The molecule has 0 bridgehead atoms. The molecule has 0 aliphatic heterocycles. The lowest BCUT2D eigenvalue weighted by Gasteiger charge is -2.39. The first kappa shape index (κ1) is 18.3. The van der Waals surface area contributed by atoms with Crippen molar-refractivity contribution in [2.75, 3.05) is 0 Å². The third-order valence-corrected chi connectivity index (χ3v) is 5.68. The first-order valence-electron chi connectivity index (χ1n) is 8.82. The summed E-state index contributed by atoms with van der Waals surface area (Å²) in [7, 11) is 0. The normalized spacial score (nSPS) is 19.5. The average molecular weight is 319 g/mol. The summed E-state index contributed by atoms with van der Waals surface area (Å²) in [6, 6.07) is 2.21. The topological polar surface area (TPSA) is 12.9 Å². The highest BCUT2D eigenvalue weighted by atomic mass is 14.7. The maximum absolute atomic E-state index is 4.41. The van der Waals surface area contributed by atoms with Crippen LogP contribution in [0.15, 0.2) is 54.1 Å². The molecular weight excluding hydrogens is 290 g/mol. The van der Waals surface area contributed by atoms with Gasteiger partial charge in [0.2, 0.25) is 0 Å². The number of nitrogens with zero attached hydrogens (tertiary/aromatic N) is 1. The van der Waals surface area contributed by atoms with Gasteiger partial charge in [-0.2, -0.15) is 0 Å². The summed E-state index contributed by atoms with van der Waals surface area (Å²) in [6.45, 7) is 19.0. The van der Waals surface area contributed by atoms with Gasteiger partial charge in [-0.25, -0.2) is 0 Å². The molecule has 3 atom stereocenters. The molecule has 1 heterocycles. The van der Waals surface area contributed by atoms with Crippen LogP contribution in [0.25, 0.3) is 6.08 Å². The largest absolute Gasteiger partial charge is 0.261 e. The molecule has 1 nitrogen and oxygen atoms in total. The van der Waals surface area contributed by atoms with Gasteiger partial charge in [-0.1, -0.05) is 40.3 Å². The van der Waals surface area contributed by atoms with Crippen molar-refractivity contribution < 1.29 is 0 Å². The van der Waals surface area contributed by atoms with Crippen molar-refractivity contribution in [3.8, 4) is 0 Å². The van der Waals surface area contributed by atoms with Gasteiger partial charge in [-0.15, -0.1) is 18.0 Å². The second kappa shape index (κ2) is 7.22. The van der Waals surface area contributed by atoms with Crippen molar-refractivity contribution in [3.05, 3.63) is 70.9 Å². The first-order chi connectivity index (χ1) is 11.4. The molecule has 3 unspecified atom stereocenters. The Labute approximate surface area is 147 Å². The smallest absolute Gasteiger partial charge is 0.0376 e. The van der Waals surface area contributed by atoms with E-state index in [1.165, 1.54) is 22.3 Å². The van der Waals surface area contributed by atoms with E-state index in [1.54, 1.807) is 0 Å². The zero-order valence-electron chi connectivity index (χ0n) is 15.7. The van der Waals surface area contributed by atoms with Crippen molar-refractivity contribution in [2.24, 2.45) is 11.3 Å². The van der Waals surface area contributed by atoms with Gasteiger partial charge in [0.05, 0.1) is 0 Å². The fourth-order valence-corrected chi connectivity index (χ4v) is 3.98. The minimum Gasteiger partial charge on any atom is -0.261 e. The molecule has 1 aliphatic rings. The zero-order chi connectivity index (χ0) is 17.9. The summed E-state index contributed by atoms with van der Waals surface area (Å²) in [5, 5.41) is 0. The maximum atomic E-state index is 4.41. The minimum absolute atomic E-state index is 0.0255. The Bertz CT molecular complexity index is 754. The number of pyridine rings is 1. The summed E-state index contributed by atoms with van der Waals surface area (Å²) >= 11 is 0. The van der Waals surface area contributed by atoms with Crippen molar-refractivity contribution in [1.82, 2.24) is 4.98 Å². The monoisotopic (exact) mass is 319 g/mol. The van der Waals surface area contributed by atoms with E-state index in [0.29, 0.717) is 11.8 Å². The van der Waals surface area contributed by atoms with Crippen LogP contribution in [0.5, 0.6) is 0 Å². The van der Waals surface area contributed by atoms with Gasteiger partial charge >= 0.3 is 0 Å². The molecule has 24 heavy (non-hydrogen) atoms. The van der Waals surface area contributed by atoms with Gasteiger partial charge in [0.1, 0.15) is 0 Å². The van der Waals surface area contributed by atoms with Gasteiger partial charge in [-0.3, -0.25) is 4.98 Å². The van der Waals surface area contributed by atoms with E-state index in [9.17, 15) is 0 Å². The lowest BCUT2D eigenvalue weighted by Crippen LogP contribution is -2.30. The highest BCUT2D eigenvalue weighted by Crippen LogP contribution is 2.48. The molecule has 0 N–H and O–H groups in total. The molecule has 126 valence electrons. The van der Waals surface area contributed by atoms with Crippen LogP contribution >= 0.6 is 0 Å². The van der Waals surface area contributed by atoms with E-state index in [4.69, 9.17) is 0 Å². The first-order valence-corrected chi connectivity index (χ1v) is 8.82. The van der Waals surface area contributed by atoms with Crippen molar-refractivity contribution in [2.45, 2.75) is 53.4 Å². The van der Waals surface area contributed by atoms with Crippen LogP contribution in [-0.4, -0.2) is 4.98 Å². The Hall–Kier alpha value is -2.07. The Morgan fingerprint density at radius 1 is 1.54 bits per heavy atom. The number of aryl methyl sites for hydroxylation is 1. The quantitative estimate of drug-likeness (QED) is 0.437. The molecule has 0 saturated heterocycles. The Morgan fingerprint density at radius 3 is 2.83 bits per heavy atom. The molecule has 1 aromatic rings. The summed E-state index contributed by atoms with van der Waals surface area (Å²) in [4.78, 5) is 4.41. The van der Waals surface area contributed by atoms with Crippen LogP contribution in [0, 0.1) is 18.3 Å². The van der Waals surface area contributed by atoms with Gasteiger partial charge < -0.3 is 0 Å². The predicted octanol–water partition coefficient (Wildman–Crippen LogP) is 6.39. The van der Waals surface area contributed by atoms with E-state index in [2.05, 4.69) is 76.4 Å². The molecular formula is C23H29N. The van der Waals surface area contributed by atoms with Crippen LogP contribution in [-0.2, 0) is 0 Å². The fourth-order valence-electron chi connectivity index (χ4n) is 3.98. The maximum Gasteiger partial charge on any atom is 0.0376 e. The molecule has 2 rings (SSSR count). The lowest BCUT2D eigenvalue weighted by molar-refractivity contribution is 0.281. The van der Waals surface area contributed by atoms with Gasteiger partial charge in [0.25, 0.3) is 0 Å². The Balaban J connectivity index is 2.52. The zero-order valence-corrected chi connectivity index (χ0v) is 15.7. The molecule has 1 aromatic heterocycles. The number of fused-ring (bicyclic) bond motifs is 1. The van der Waals surface area contributed by atoms with E-state index in [-0.39, 0.29) is 5.41 Å². The molecule has 0 saturated carbocycles. The summed E-state index contributed by atoms with van der Waals surface area (Å²) in [5.74, 6) is 0.682. The van der Waals surface area contributed by atoms with Crippen LogP contribution in [0.1, 0.15) is 63.3 Å².